The first kappa shape index (κ1) is 19.6. The van der Waals surface area contributed by atoms with Gasteiger partial charge in [0.25, 0.3) is 0 Å². The fourth-order valence-corrected chi connectivity index (χ4v) is 2.44. The summed E-state index contributed by atoms with van der Waals surface area (Å²) in [6.45, 7) is 1.94. The summed E-state index contributed by atoms with van der Waals surface area (Å²) in [7, 11) is 4.62. The normalized spacial score (nSPS) is 10.5. The van der Waals surface area contributed by atoms with Gasteiger partial charge in [-0.3, -0.25) is 0 Å². The van der Waals surface area contributed by atoms with Crippen molar-refractivity contribution in [3.05, 3.63) is 45.9 Å². The number of nitrogens with zero attached hydrogens (tertiary/aromatic N) is 1. The molecular formula is C18H20BrN3O4. The molecule has 2 aromatic rings. The number of benzene rings is 2. The van der Waals surface area contributed by atoms with E-state index in [1.165, 1.54) is 20.4 Å². The maximum atomic E-state index is 12.0. The van der Waals surface area contributed by atoms with Crippen LogP contribution in [0.1, 0.15) is 11.1 Å². The zero-order chi connectivity index (χ0) is 19.1. The van der Waals surface area contributed by atoms with Crippen LogP contribution in [0.25, 0.3) is 0 Å². The molecule has 0 saturated heterocycles. The second kappa shape index (κ2) is 9.10. The van der Waals surface area contributed by atoms with Gasteiger partial charge in [0.05, 0.1) is 27.5 Å². The molecule has 7 nitrogen and oxygen atoms in total. The van der Waals surface area contributed by atoms with Crippen LogP contribution in [0.5, 0.6) is 17.2 Å². The van der Waals surface area contributed by atoms with E-state index in [1.807, 2.05) is 19.1 Å². The van der Waals surface area contributed by atoms with Crippen molar-refractivity contribution in [2.75, 3.05) is 26.6 Å². The van der Waals surface area contributed by atoms with E-state index in [-0.39, 0.29) is 0 Å². The highest BCUT2D eigenvalue weighted by atomic mass is 79.9. The number of halogens is 1. The van der Waals surface area contributed by atoms with E-state index < -0.39 is 6.03 Å². The number of carbonyl (C=O) groups is 1. The quantitative estimate of drug-likeness (QED) is 0.546. The maximum Gasteiger partial charge on any atom is 0.339 e. The van der Waals surface area contributed by atoms with Crippen molar-refractivity contribution in [2.24, 2.45) is 5.10 Å². The molecule has 8 heteroatoms. The molecule has 0 saturated carbocycles. The Morgan fingerprint density at radius 3 is 2.31 bits per heavy atom. The summed E-state index contributed by atoms with van der Waals surface area (Å²) >= 11 is 3.42. The third kappa shape index (κ3) is 4.89. The molecular weight excluding hydrogens is 402 g/mol. The first-order valence-corrected chi connectivity index (χ1v) is 8.44. The lowest BCUT2D eigenvalue weighted by Crippen LogP contribution is -2.24. The summed E-state index contributed by atoms with van der Waals surface area (Å²) in [5.41, 5.74) is 4.72. The topological polar surface area (TPSA) is 81.2 Å². The highest BCUT2D eigenvalue weighted by molar-refractivity contribution is 9.10. The largest absolute Gasteiger partial charge is 0.496 e. The van der Waals surface area contributed by atoms with Gasteiger partial charge in [-0.05, 0) is 36.8 Å². The van der Waals surface area contributed by atoms with Crippen molar-refractivity contribution in [1.29, 1.82) is 0 Å². The Labute approximate surface area is 160 Å². The number of carbonyl (C=O) groups excluding carboxylic acids is 1. The molecule has 0 fully saturated rings. The molecule has 138 valence electrons. The molecule has 26 heavy (non-hydrogen) atoms. The number of amides is 2. The Morgan fingerprint density at radius 2 is 1.69 bits per heavy atom. The van der Waals surface area contributed by atoms with Gasteiger partial charge in [-0.25, -0.2) is 10.2 Å². The number of methoxy groups -OCH3 is 3. The van der Waals surface area contributed by atoms with E-state index in [9.17, 15) is 4.79 Å². The van der Waals surface area contributed by atoms with Gasteiger partial charge in [-0.15, -0.1) is 0 Å². The van der Waals surface area contributed by atoms with Crippen LogP contribution in [-0.4, -0.2) is 33.6 Å². The van der Waals surface area contributed by atoms with Crippen LogP contribution >= 0.6 is 15.9 Å². The van der Waals surface area contributed by atoms with Crippen LogP contribution < -0.4 is 25.0 Å². The molecule has 0 aliphatic rings. The van der Waals surface area contributed by atoms with Crippen molar-refractivity contribution in [2.45, 2.75) is 6.92 Å². The standard InChI is InChI=1S/C18H20BrN3O4/c1-11-7-13(5-6-14(11)19)21-18(23)22-20-10-12-8-16(25-3)17(26-4)9-15(12)24-2/h5-10H,1-4H3,(H2,21,22,23)/b20-10+. The van der Waals surface area contributed by atoms with Gasteiger partial charge in [0.2, 0.25) is 0 Å². The summed E-state index contributed by atoms with van der Waals surface area (Å²) in [5, 5.41) is 6.65. The van der Waals surface area contributed by atoms with Gasteiger partial charge in [-0.1, -0.05) is 15.9 Å². The van der Waals surface area contributed by atoms with Crippen molar-refractivity contribution >= 4 is 33.9 Å². The van der Waals surface area contributed by atoms with Crippen molar-refractivity contribution in [3.63, 3.8) is 0 Å². The molecule has 0 spiro atoms. The minimum Gasteiger partial charge on any atom is -0.496 e. The van der Waals surface area contributed by atoms with Gasteiger partial charge in [0.15, 0.2) is 11.5 Å². The lowest BCUT2D eigenvalue weighted by Gasteiger charge is -2.11. The summed E-state index contributed by atoms with van der Waals surface area (Å²) in [6, 6.07) is 8.44. The van der Waals surface area contributed by atoms with Gasteiger partial charge in [0, 0.05) is 21.8 Å². The molecule has 0 bridgehead atoms. The molecule has 2 N–H and O–H groups in total. The molecule has 2 aromatic carbocycles. The molecule has 0 unspecified atom stereocenters. The van der Waals surface area contributed by atoms with E-state index in [1.54, 1.807) is 25.3 Å². The average molecular weight is 422 g/mol. The van der Waals surface area contributed by atoms with Crippen molar-refractivity contribution in [3.8, 4) is 17.2 Å². The second-order valence-electron chi connectivity index (χ2n) is 5.24. The third-order valence-corrected chi connectivity index (χ3v) is 4.41. The second-order valence-corrected chi connectivity index (χ2v) is 6.09. The van der Waals surface area contributed by atoms with E-state index in [0.29, 0.717) is 28.5 Å². The highest BCUT2D eigenvalue weighted by Gasteiger charge is 2.10. The summed E-state index contributed by atoms with van der Waals surface area (Å²) in [4.78, 5) is 12.0. The summed E-state index contributed by atoms with van der Waals surface area (Å²) in [5.74, 6) is 1.61. The van der Waals surface area contributed by atoms with Crippen molar-refractivity contribution in [1.82, 2.24) is 5.43 Å². The van der Waals surface area contributed by atoms with E-state index >= 15 is 0 Å². The number of urea groups is 1. The fourth-order valence-electron chi connectivity index (χ4n) is 2.20. The number of aryl methyl sites for hydroxylation is 1. The van der Waals surface area contributed by atoms with Crippen LogP contribution in [0.4, 0.5) is 10.5 Å². The highest BCUT2D eigenvalue weighted by Crippen LogP contribution is 2.33. The molecule has 0 heterocycles. The monoisotopic (exact) mass is 421 g/mol. The number of hydrogen-bond donors (Lipinski definition) is 2. The smallest absolute Gasteiger partial charge is 0.339 e. The predicted octanol–water partition coefficient (Wildman–Crippen LogP) is 3.94. The minimum absolute atomic E-state index is 0.456. The maximum absolute atomic E-state index is 12.0. The molecule has 2 amide bonds. The van der Waals surface area contributed by atoms with E-state index in [4.69, 9.17) is 14.2 Å². The molecule has 0 aliphatic carbocycles. The van der Waals surface area contributed by atoms with E-state index in [0.717, 1.165) is 10.0 Å². The van der Waals surface area contributed by atoms with Gasteiger partial charge in [0.1, 0.15) is 5.75 Å². The SMILES string of the molecule is COc1cc(OC)c(OC)cc1/C=N/NC(=O)Nc1ccc(Br)c(C)c1. The Kier molecular flexibility index (Phi) is 6.85. The van der Waals surface area contributed by atoms with Crippen LogP contribution in [0.15, 0.2) is 39.9 Å². The van der Waals surface area contributed by atoms with Crippen LogP contribution in [-0.2, 0) is 0 Å². The predicted molar refractivity (Wildman–Crippen MR) is 105 cm³/mol. The Balaban J connectivity index is 2.07. The van der Waals surface area contributed by atoms with Gasteiger partial charge in [-0.2, -0.15) is 5.10 Å². The number of ether oxygens (including phenoxy) is 3. The number of anilines is 1. The fraction of sp³-hybridized carbons (Fsp3) is 0.222. The lowest BCUT2D eigenvalue weighted by atomic mass is 10.2. The molecule has 0 atom stereocenters. The third-order valence-electron chi connectivity index (χ3n) is 3.52. The number of hydrogen-bond acceptors (Lipinski definition) is 5. The van der Waals surface area contributed by atoms with Crippen LogP contribution in [0.3, 0.4) is 0 Å². The van der Waals surface area contributed by atoms with E-state index in [2.05, 4.69) is 31.8 Å². The summed E-state index contributed by atoms with van der Waals surface area (Å²) < 4.78 is 16.8. The zero-order valence-electron chi connectivity index (χ0n) is 14.9. The van der Waals surface area contributed by atoms with Gasteiger partial charge < -0.3 is 19.5 Å². The van der Waals surface area contributed by atoms with Gasteiger partial charge >= 0.3 is 6.03 Å². The number of hydrazone groups is 1. The van der Waals surface area contributed by atoms with Crippen LogP contribution in [0, 0.1) is 6.92 Å². The minimum atomic E-state index is -0.456. The van der Waals surface area contributed by atoms with Crippen LogP contribution in [0.2, 0.25) is 0 Å². The Hall–Kier alpha value is -2.74. The molecule has 0 radical (unpaired) electrons. The number of rotatable bonds is 6. The van der Waals surface area contributed by atoms with Crippen molar-refractivity contribution < 1.29 is 19.0 Å². The molecule has 2 rings (SSSR count). The Morgan fingerprint density at radius 1 is 1.04 bits per heavy atom. The zero-order valence-corrected chi connectivity index (χ0v) is 16.5. The molecule has 0 aliphatic heterocycles. The average Bonchev–Trinajstić information content (AvgIpc) is 2.64. The first-order chi connectivity index (χ1) is 12.5. The molecule has 0 aromatic heterocycles. The lowest BCUT2D eigenvalue weighted by molar-refractivity contribution is 0.252. The first-order valence-electron chi connectivity index (χ1n) is 7.64. The summed E-state index contributed by atoms with van der Waals surface area (Å²) in [6.07, 6.45) is 1.47. The number of nitrogens with one attached hydrogen (secondary N) is 2. The Bertz CT molecular complexity index is 824.